The van der Waals surface area contributed by atoms with Gasteiger partial charge in [0, 0.05) is 68.9 Å². The molecular weight excluding hydrogens is 1610 g/mol. The number of nitrogens with zero attached hydrogens (tertiary/aromatic N) is 12. The molecule has 0 N–H and O–H groups in total. The number of para-hydroxylation sites is 13. The molecule has 0 fully saturated rings. The van der Waals surface area contributed by atoms with E-state index >= 15 is 0 Å². The molecule has 0 bridgehead atoms. The van der Waals surface area contributed by atoms with Gasteiger partial charge in [0.25, 0.3) is 0 Å². The molecule has 20 aromatic carbocycles. The Morgan fingerprint density at radius 2 is 0.515 bits per heavy atom. The van der Waals surface area contributed by atoms with Crippen molar-refractivity contribution in [1.29, 1.82) is 5.26 Å². The Kier molecular flexibility index (Phi) is 17.4. The Bertz CT molecular complexity index is 8890. The van der Waals surface area contributed by atoms with Gasteiger partial charge in [0.1, 0.15) is 17.5 Å². The molecule has 132 heavy (non-hydrogen) atoms. The van der Waals surface area contributed by atoms with Gasteiger partial charge in [0.15, 0.2) is 0 Å². The first-order valence-corrected chi connectivity index (χ1v) is 44.5. The normalized spacial score (nSPS) is 12.2. The first-order valence-electron chi connectivity index (χ1n) is 44.5. The summed E-state index contributed by atoms with van der Waals surface area (Å²) in [5, 5.41) is 24.6. The number of fused-ring (bicyclic) bond motifs is 13. The average molecular weight is 1680 g/mol. The van der Waals surface area contributed by atoms with Gasteiger partial charge in [-0.3, -0.25) is 23.7 Å². The molecule has 0 unspecified atom stereocenters. The van der Waals surface area contributed by atoms with Crippen LogP contribution in [0.2, 0.25) is 0 Å². The van der Waals surface area contributed by atoms with E-state index in [-0.39, 0.29) is 0 Å². The smallest absolute Gasteiger partial charge is 0.147 e. The van der Waals surface area contributed by atoms with Crippen molar-refractivity contribution < 1.29 is 0 Å². The SMILES string of the molecule is N#Cc1ccc(-c2c3ccccc3c(-c3nc4cccc5c4n3-c3ccccc3N5c3ccccc3)c3ccccc23)cc1.c1ccc(N2c3ccccc3-n3c(-c4c5ccccc5c(-c5cccc6cccnc56)c5ccccc45)nc4cccc2c43)cc1.c1ccc(N2c3ccccc3-n3c(-c4c5ccccc5c(-c5cccnc5)c5ccccc45)nc4cccc2c43)cc1. The molecule has 12 heteroatoms. The van der Waals surface area contributed by atoms with E-state index in [4.69, 9.17) is 19.9 Å². The minimum absolute atomic E-state index is 0.654. The van der Waals surface area contributed by atoms with Crippen molar-refractivity contribution in [2.45, 2.75) is 0 Å². The number of aromatic nitrogens is 8. The van der Waals surface area contributed by atoms with Crippen LogP contribution in [0.25, 0.3) is 193 Å². The fraction of sp³-hybridized carbons (Fsp3) is 0. The van der Waals surface area contributed by atoms with E-state index in [2.05, 4.69) is 446 Å². The molecule has 25 aromatic rings. The van der Waals surface area contributed by atoms with Crippen LogP contribution in [0.3, 0.4) is 0 Å². The predicted molar refractivity (Wildman–Crippen MR) is 543 cm³/mol. The zero-order chi connectivity index (χ0) is 87.0. The van der Waals surface area contributed by atoms with Crippen molar-refractivity contribution >= 4 is 160 Å². The molecule has 8 heterocycles. The van der Waals surface area contributed by atoms with Gasteiger partial charge >= 0.3 is 0 Å². The molecule has 0 atom stereocenters. The fourth-order valence-electron chi connectivity index (χ4n) is 21.1. The van der Waals surface area contributed by atoms with Gasteiger partial charge in [0.2, 0.25) is 0 Å². The van der Waals surface area contributed by atoms with Crippen molar-refractivity contribution in [3.05, 3.63) is 455 Å². The van der Waals surface area contributed by atoms with Crippen LogP contribution < -0.4 is 14.7 Å². The van der Waals surface area contributed by atoms with E-state index < -0.39 is 0 Å². The Morgan fingerprint density at radius 1 is 0.220 bits per heavy atom. The molecule has 5 aromatic heterocycles. The van der Waals surface area contributed by atoms with Crippen LogP contribution in [-0.2, 0) is 0 Å². The standard InChI is InChI=1S/C42H26N4.C40H24N4.C38H24N4/c1-2-15-28(16-3-1)45-35-23-8-9-24-36(35)46-41-34(22-11-25-37(41)45)44-42(46)39-31-19-6-4-17-29(31)38(30-18-5-7-20-32(30)39)33-21-10-13-27-14-12-26-43-40(27)33;41-25-26-21-23-27(24-22-26)37-29-13-4-6-15-31(29)38(32-16-7-5-14-30(32)37)40-42-33-17-10-20-36-39(33)44(40)35-19-9-8-18-34(35)43(36)28-11-2-1-3-12-28;1-2-13-26(14-3-1)41-32-20-8-9-21-33(32)42-37-31(19-10-22-34(37)41)40-38(42)36-29-17-6-4-15-27(29)35(25-12-11-23-39-24-25)28-16-5-7-18-30(28)36/h1-26H;1-24H;1-24H. The highest BCUT2D eigenvalue weighted by Gasteiger charge is 2.36. The third-order valence-corrected chi connectivity index (χ3v) is 26.4. The maximum atomic E-state index is 9.43. The summed E-state index contributed by atoms with van der Waals surface area (Å²) < 4.78 is 7.11. The maximum absolute atomic E-state index is 9.43. The van der Waals surface area contributed by atoms with Crippen molar-refractivity contribution in [3.63, 3.8) is 0 Å². The quantitative estimate of drug-likeness (QED) is 0.130. The topological polar surface area (TPSA) is 113 Å². The number of hydrogen-bond acceptors (Lipinski definition) is 9. The van der Waals surface area contributed by atoms with Crippen LogP contribution in [0.4, 0.5) is 51.2 Å². The van der Waals surface area contributed by atoms with Crippen LogP contribution in [0.5, 0.6) is 0 Å². The van der Waals surface area contributed by atoms with Crippen molar-refractivity contribution in [2.24, 2.45) is 0 Å². The zero-order valence-corrected chi connectivity index (χ0v) is 71.1. The summed E-state index contributed by atoms with van der Waals surface area (Å²) in [6, 6.07) is 154. The summed E-state index contributed by atoms with van der Waals surface area (Å²) in [5.41, 5.74) is 31.5. The van der Waals surface area contributed by atoms with E-state index in [1.165, 1.54) is 54.2 Å². The van der Waals surface area contributed by atoms with E-state index in [0.717, 1.165) is 190 Å². The number of nitriles is 1. The molecule has 0 amide bonds. The lowest BCUT2D eigenvalue weighted by atomic mass is 9.87. The summed E-state index contributed by atoms with van der Waals surface area (Å²) in [6.07, 6.45) is 5.68. The van der Waals surface area contributed by atoms with Gasteiger partial charge < -0.3 is 14.7 Å². The minimum atomic E-state index is 0.654. The van der Waals surface area contributed by atoms with E-state index in [1.807, 2.05) is 42.9 Å². The molecule has 3 aliphatic heterocycles. The monoisotopic (exact) mass is 1680 g/mol. The summed E-state index contributed by atoms with van der Waals surface area (Å²) in [4.78, 5) is 32.6. The summed E-state index contributed by atoms with van der Waals surface area (Å²) in [7, 11) is 0. The van der Waals surface area contributed by atoms with Crippen molar-refractivity contribution in [1.82, 2.24) is 38.6 Å². The zero-order valence-electron chi connectivity index (χ0n) is 71.1. The second-order valence-electron chi connectivity index (χ2n) is 33.6. The number of pyridine rings is 2. The molecule has 614 valence electrons. The van der Waals surface area contributed by atoms with E-state index in [9.17, 15) is 5.26 Å². The highest BCUT2D eigenvalue weighted by Crippen LogP contribution is 2.57. The molecule has 12 nitrogen and oxygen atoms in total. The van der Waals surface area contributed by atoms with Gasteiger partial charge in [0.05, 0.1) is 101 Å². The third-order valence-electron chi connectivity index (χ3n) is 26.4. The first kappa shape index (κ1) is 75.2. The Morgan fingerprint density at radius 3 is 0.864 bits per heavy atom. The van der Waals surface area contributed by atoms with Gasteiger partial charge in [-0.15, -0.1) is 0 Å². The Balaban J connectivity index is 0.000000104. The highest BCUT2D eigenvalue weighted by molar-refractivity contribution is 6.26. The predicted octanol–water partition coefficient (Wildman–Crippen LogP) is 31.2. The lowest BCUT2D eigenvalue weighted by Crippen LogP contribution is -2.18. The number of rotatable bonds is 9. The number of anilines is 9. The lowest BCUT2D eigenvalue weighted by Gasteiger charge is -2.33. The van der Waals surface area contributed by atoms with Crippen LogP contribution in [0.15, 0.2) is 449 Å². The van der Waals surface area contributed by atoms with E-state index in [0.29, 0.717) is 5.56 Å². The second kappa shape index (κ2) is 30.6. The largest absolute Gasteiger partial charge is 0.306 e. The number of imidazole rings is 3. The Labute approximate surface area is 758 Å². The molecule has 0 spiro atoms. The summed E-state index contributed by atoms with van der Waals surface area (Å²) in [5.74, 6) is 2.81. The minimum Gasteiger partial charge on any atom is -0.306 e. The average Bonchev–Trinajstić information content (AvgIpc) is 1.49. The highest BCUT2D eigenvalue weighted by atomic mass is 15.3. The maximum Gasteiger partial charge on any atom is 0.147 e. The van der Waals surface area contributed by atoms with Crippen molar-refractivity contribution in [2.75, 3.05) is 14.7 Å². The number of benzene rings is 20. The van der Waals surface area contributed by atoms with Gasteiger partial charge in [-0.2, -0.15) is 5.26 Å². The first-order chi connectivity index (χ1) is 65.6. The molecule has 0 saturated carbocycles. The van der Waals surface area contributed by atoms with Gasteiger partial charge in [-0.1, -0.05) is 297 Å². The van der Waals surface area contributed by atoms with Crippen LogP contribution in [-0.4, -0.2) is 38.6 Å². The molecular formula is C120H74N12. The van der Waals surface area contributed by atoms with Crippen LogP contribution >= 0.6 is 0 Å². The summed E-state index contributed by atoms with van der Waals surface area (Å²) in [6.45, 7) is 0. The van der Waals surface area contributed by atoms with Gasteiger partial charge in [-0.25, -0.2) is 15.0 Å². The second-order valence-corrected chi connectivity index (χ2v) is 33.6. The summed E-state index contributed by atoms with van der Waals surface area (Å²) >= 11 is 0. The molecule has 3 aliphatic rings. The lowest BCUT2D eigenvalue weighted by molar-refractivity contribution is 1.07. The third kappa shape index (κ3) is 11.6. The van der Waals surface area contributed by atoms with Crippen LogP contribution in [0, 0.1) is 11.3 Å². The molecule has 28 rings (SSSR count). The van der Waals surface area contributed by atoms with E-state index in [1.54, 1.807) is 0 Å². The Hall–Kier alpha value is -18.2. The van der Waals surface area contributed by atoms with Crippen LogP contribution in [0.1, 0.15) is 5.56 Å². The van der Waals surface area contributed by atoms with Crippen molar-refractivity contribution in [3.8, 4) is 90.7 Å². The molecule has 0 aliphatic carbocycles. The number of hydrogen-bond donors (Lipinski definition) is 0. The fourth-order valence-corrected chi connectivity index (χ4v) is 21.1. The van der Waals surface area contributed by atoms with Gasteiger partial charge in [-0.05, 0) is 220 Å². The molecule has 0 radical (unpaired) electrons. The molecule has 0 saturated heterocycles.